The van der Waals surface area contributed by atoms with E-state index >= 15 is 0 Å². The largest absolute Gasteiger partial charge is 0.345 e. The molecule has 1 aliphatic heterocycles. The van der Waals surface area contributed by atoms with E-state index in [1.54, 1.807) is 0 Å². The first-order valence-corrected chi connectivity index (χ1v) is 10.7. The number of halogens is 2. The highest BCUT2D eigenvalue weighted by molar-refractivity contribution is 6.36. The van der Waals surface area contributed by atoms with Gasteiger partial charge in [-0.2, -0.15) is 0 Å². The van der Waals surface area contributed by atoms with Crippen LogP contribution in [-0.2, 0) is 14.4 Å². The molecule has 0 aromatic heterocycles. The molecule has 12 heteroatoms. The van der Waals surface area contributed by atoms with Crippen LogP contribution in [0.1, 0.15) is 28.4 Å². The number of hydrazine groups is 2. The third-order valence-electron chi connectivity index (χ3n) is 4.78. The van der Waals surface area contributed by atoms with Crippen LogP contribution in [0.15, 0.2) is 48.5 Å². The Morgan fingerprint density at radius 1 is 0.879 bits per heavy atom. The van der Waals surface area contributed by atoms with E-state index in [2.05, 4.69) is 32.3 Å². The Bertz CT molecular complexity index is 1040. The predicted molar refractivity (Wildman–Crippen MR) is 122 cm³/mol. The number of carbonyl (C=O) groups is 4. The summed E-state index contributed by atoms with van der Waals surface area (Å²) in [7, 11) is 0. The molecule has 2 aromatic carbocycles. The van der Waals surface area contributed by atoms with Crippen molar-refractivity contribution in [2.45, 2.75) is 18.5 Å². The Balaban J connectivity index is 1.33. The van der Waals surface area contributed by atoms with Crippen LogP contribution >= 0.6 is 23.2 Å². The Morgan fingerprint density at radius 2 is 1.61 bits per heavy atom. The molecule has 6 N–H and O–H groups in total. The highest BCUT2D eigenvalue weighted by Crippen LogP contribution is 2.22. The number of nitrogens with one attached hydrogen (secondary N) is 6. The lowest BCUT2D eigenvalue weighted by molar-refractivity contribution is -0.130. The maximum Gasteiger partial charge on any atom is 0.257 e. The molecule has 0 aliphatic carbocycles. The van der Waals surface area contributed by atoms with E-state index in [0.717, 1.165) is 5.56 Å². The quantitative estimate of drug-likeness (QED) is 0.312. The second-order valence-electron chi connectivity index (χ2n) is 7.16. The van der Waals surface area contributed by atoms with Crippen LogP contribution in [0, 0.1) is 0 Å². The lowest BCUT2D eigenvalue weighted by Crippen LogP contribution is -2.52. The van der Waals surface area contributed by atoms with E-state index < -0.39 is 29.7 Å². The normalized spacial score (nSPS) is 17.2. The highest BCUT2D eigenvalue weighted by atomic mass is 35.5. The molecule has 1 saturated heterocycles. The van der Waals surface area contributed by atoms with Crippen molar-refractivity contribution in [2.24, 2.45) is 0 Å². The Morgan fingerprint density at radius 3 is 2.33 bits per heavy atom. The summed E-state index contributed by atoms with van der Waals surface area (Å²) in [4.78, 5) is 48.1. The average Bonchev–Trinajstić information content (AvgIpc) is 3.30. The molecule has 174 valence electrons. The van der Waals surface area contributed by atoms with Crippen LogP contribution < -0.4 is 32.3 Å². The van der Waals surface area contributed by atoms with Crippen molar-refractivity contribution in [3.8, 4) is 0 Å². The minimum atomic E-state index is -0.630. The van der Waals surface area contributed by atoms with E-state index in [4.69, 9.17) is 23.2 Å². The molecule has 10 nitrogen and oxygen atoms in total. The molecule has 2 aromatic rings. The van der Waals surface area contributed by atoms with Gasteiger partial charge < -0.3 is 10.6 Å². The topological polar surface area (TPSA) is 140 Å². The number of hydrogen-bond donors (Lipinski definition) is 6. The lowest BCUT2D eigenvalue weighted by atomic mass is 10.0. The van der Waals surface area contributed by atoms with Gasteiger partial charge in [-0.05, 0) is 30.2 Å². The summed E-state index contributed by atoms with van der Waals surface area (Å²) in [6, 6.07) is 13.4. The summed E-state index contributed by atoms with van der Waals surface area (Å²) in [6.45, 7) is -0.754. The monoisotopic (exact) mass is 492 g/mol. The van der Waals surface area contributed by atoms with Crippen LogP contribution in [0.4, 0.5) is 0 Å². The van der Waals surface area contributed by atoms with Crippen LogP contribution in [-0.4, -0.2) is 42.8 Å². The molecule has 0 saturated carbocycles. The van der Waals surface area contributed by atoms with Gasteiger partial charge in [0, 0.05) is 11.1 Å². The van der Waals surface area contributed by atoms with Gasteiger partial charge in [0.1, 0.15) is 6.04 Å². The fourth-order valence-corrected chi connectivity index (χ4v) is 3.56. The third kappa shape index (κ3) is 7.16. The van der Waals surface area contributed by atoms with Gasteiger partial charge >= 0.3 is 0 Å². The first kappa shape index (κ1) is 24.5. The zero-order valence-corrected chi connectivity index (χ0v) is 18.8. The van der Waals surface area contributed by atoms with Gasteiger partial charge in [0.05, 0.1) is 23.7 Å². The summed E-state index contributed by atoms with van der Waals surface area (Å²) >= 11 is 11.7. The van der Waals surface area contributed by atoms with E-state index in [-0.39, 0.29) is 29.7 Å². The molecular weight excluding hydrogens is 471 g/mol. The van der Waals surface area contributed by atoms with Crippen molar-refractivity contribution in [1.29, 1.82) is 0 Å². The summed E-state index contributed by atoms with van der Waals surface area (Å²) < 4.78 is 0. The van der Waals surface area contributed by atoms with Crippen molar-refractivity contribution in [3.63, 3.8) is 0 Å². The molecule has 1 fully saturated rings. The third-order valence-corrected chi connectivity index (χ3v) is 5.33. The van der Waals surface area contributed by atoms with Gasteiger partial charge in [0.25, 0.3) is 17.7 Å². The van der Waals surface area contributed by atoms with Crippen molar-refractivity contribution in [1.82, 2.24) is 32.3 Å². The molecule has 2 unspecified atom stereocenters. The van der Waals surface area contributed by atoms with Crippen molar-refractivity contribution < 1.29 is 19.2 Å². The molecule has 33 heavy (non-hydrogen) atoms. The number of benzene rings is 2. The van der Waals surface area contributed by atoms with Gasteiger partial charge in [0.15, 0.2) is 0 Å². The number of carbonyl (C=O) groups excluding carboxylic acids is 4. The standard InChI is InChI=1S/C21H22Cl2N6O4/c22-13-6-7-14(15(23)8-13)20(32)25-10-18(30)24-11-19(31)28-29-21(33)17-9-16(26-27-17)12-4-2-1-3-5-12/h1-8,16-17,26-27H,9-11H2,(H,24,30)(H,25,32)(H,28,31)(H,29,33). The molecule has 4 amide bonds. The Kier molecular flexibility index (Phi) is 8.61. The van der Waals surface area contributed by atoms with Gasteiger partial charge in [0.2, 0.25) is 5.91 Å². The smallest absolute Gasteiger partial charge is 0.257 e. The van der Waals surface area contributed by atoms with Gasteiger partial charge in [-0.3, -0.25) is 30.0 Å². The van der Waals surface area contributed by atoms with Gasteiger partial charge in [-0.1, -0.05) is 53.5 Å². The second kappa shape index (κ2) is 11.6. The molecular formula is C21H22Cl2N6O4. The van der Waals surface area contributed by atoms with Crippen molar-refractivity contribution in [3.05, 3.63) is 69.7 Å². The van der Waals surface area contributed by atoms with Crippen molar-refractivity contribution >= 4 is 46.8 Å². The molecule has 0 bridgehead atoms. The van der Waals surface area contributed by atoms with Gasteiger partial charge in [-0.25, -0.2) is 10.9 Å². The molecule has 0 spiro atoms. The number of amides is 4. The molecule has 1 heterocycles. The summed E-state index contributed by atoms with van der Waals surface area (Å²) in [5, 5.41) is 5.26. The first-order chi connectivity index (χ1) is 15.8. The molecule has 0 radical (unpaired) electrons. The first-order valence-electron chi connectivity index (χ1n) is 9.98. The van der Waals surface area contributed by atoms with Crippen LogP contribution in [0.5, 0.6) is 0 Å². The zero-order valence-electron chi connectivity index (χ0n) is 17.3. The summed E-state index contributed by atoms with van der Waals surface area (Å²) in [5.74, 6) is -2.21. The lowest BCUT2D eigenvalue weighted by Gasteiger charge is -2.12. The fourth-order valence-electron chi connectivity index (χ4n) is 3.07. The number of rotatable bonds is 7. The van der Waals surface area contributed by atoms with E-state index in [1.807, 2.05) is 30.3 Å². The molecule has 1 aliphatic rings. The van der Waals surface area contributed by atoms with Crippen molar-refractivity contribution in [2.75, 3.05) is 13.1 Å². The minimum absolute atomic E-state index is 0.0325. The Labute approximate surface area is 199 Å². The van der Waals surface area contributed by atoms with Gasteiger partial charge in [-0.15, -0.1) is 0 Å². The average molecular weight is 493 g/mol. The Hall–Kier alpha value is -3.18. The summed E-state index contributed by atoms with van der Waals surface area (Å²) in [5.41, 5.74) is 11.7. The maximum atomic E-state index is 12.2. The van der Waals surface area contributed by atoms with E-state index in [1.165, 1.54) is 18.2 Å². The second-order valence-corrected chi connectivity index (χ2v) is 8.00. The number of hydrogen-bond acceptors (Lipinski definition) is 6. The zero-order chi connectivity index (χ0) is 23.8. The molecule has 2 atom stereocenters. The highest BCUT2D eigenvalue weighted by Gasteiger charge is 2.30. The fraction of sp³-hybridized carbons (Fsp3) is 0.238. The molecule has 3 rings (SSSR count). The van der Waals surface area contributed by atoms with E-state index in [0.29, 0.717) is 11.4 Å². The van der Waals surface area contributed by atoms with Crippen LogP contribution in [0.3, 0.4) is 0 Å². The SMILES string of the molecule is O=C(CNC(=O)c1ccc(Cl)cc1Cl)NCC(=O)NNC(=O)C1CC(c2ccccc2)NN1. The predicted octanol–water partition coefficient (Wildman–Crippen LogP) is 0.595. The summed E-state index contributed by atoms with van der Waals surface area (Å²) in [6.07, 6.45) is 0.500. The van der Waals surface area contributed by atoms with Crippen LogP contribution in [0.25, 0.3) is 0 Å². The minimum Gasteiger partial charge on any atom is -0.345 e. The maximum absolute atomic E-state index is 12.2. The van der Waals surface area contributed by atoms with E-state index in [9.17, 15) is 19.2 Å². The van der Waals surface area contributed by atoms with Crippen LogP contribution in [0.2, 0.25) is 10.0 Å².